The fraction of sp³-hybridized carbons (Fsp3) is 0.385. The molecule has 0 fully saturated rings. The van der Waals surface area contributed by atoms with Gasteiger partial charge in [-0.05, 0) is 24.1 Å². The van der Waals surface area contributed by atoms with Crippen molar-refractivity contribution in [2.24, 2.45) is 11.7 Å². The minimum absolute atomic E-state index is 0.137. The highest BCUT2D eigenvalue weighted by Crippen LogP contribution is 2.21. The van der Waals surface area contributed by atoms with E-state index in [9.17, 15) is 9.59 Å². The quantitative estimate of drug-likeness (QED) is 0.803. The maximum atomic E-state index is 12.4. The summed E-state index contributed by atoms with van der Waals surface area (Å²) in [7, 11) is 0. The number of primary amides is 1. The van der Waals surface area contributed by atoms with E-state index in [0.29, 0.717) is 17.3 Å². The summed E-state index contributed by atoms with van der Waals surface area (Å²) in [5.74, 6) is -0.693. The van der Waals surface area contributed by atoms with Crippen LogP contribution >= 0.6 is 11.6 Å². The number of hydrogen-bond donors (Lipinski definition) is 2. The molecule has 1 rings (SSSR count). The first kappa shape index (κ1) is 15.3. The highest BCUT2D eigenvalue weighted by molar-refractivity contribution is 6.34. The molecule has 0 unspecified atom stereocenters. The lowest BCUT2D eigenvalue weighted by Gasteiger charge is -2.23. The van der Waals surface area contributed by atoms with E-state index in [0.717, 1.165) is 0 Å². The first-order chi connectivity index (χ1) is 8.81. The van der Waals surface area contributed by atoms with Gasteiger partial charge in [0.15, 0.2) is 0 Å². The van der Waals surface area contributed by atoms with Crippen LogP contribution in [0.5, 0.6) is 0 Å². The molecule has 4 N–H and O–H groups in total. The van der Waals surface area contributed by atoms with Gasteiger partial charge in [0.05, 0.1) is 17.1 Å². The van der Waals surface area contributed by atoms with E-state index in [1.807, 2.05) is 13.8 Å². The smallest absolute Gasteiger partial charge is 0.255 e. The Kier molecular flexibility index (Phi) is 5.18. The summed E-state index contributed by atoms with van der Waals surface area (Å²) in [6.45, 7) is 4.18. The Morgan fingerprint density at radius 2 is 2.00 bits per heavy atom. The summed E-state index contributed by atoms with van der Waals surface area (Å²) < 4.78 is 0. The van der Waals surface area contributed by atoms with Crippen LogP contribution in [0.2, 0.25) is 5.02 Å². The van der Waals surface area contributed by atoms with E-state index in [1.165, 1.54) is 11.0 Å². The van der Waals surface area contributed by atoms with E-state index in [1.54, 1.807) is 12.1 Å². The molecular weight excluding hydrogens is 266 g/mol. The molecule has 0 radical (unpaired) electrons. The molecule has 0 aliphatic rings. The third-order valence-electron chi connectivity index (χ3n) is 2.44. The lowest BCUT2D eigenvalue weighted by molar-refractivity contribution is -0.118. The van der Waals surface area contributed by atoms with Gasteiger partial charge in [-0.25, -0.2) is 0 Å². The Bertz CT molecular complexity index is 489. The lowest BCUT2D eigenvalue weighted by Crippen LogP contribution is -2.40. The van der Waals surface area contributed by atoms with Gasteiger partial charge in [0, 0.05) is 12.2 Å². The average molecular weight is 284 g/mol. The molecule has 0 spiro atoms. The Balaban J connectivity index is 3.03. The van der Waals surface area contributed by atoms with Crippen LogP contribution in [0.1, 0.15) is 24.2 Å². The van der Waals surface area contributed by atoms with Gasteiger partial charge < -0.3 is 16.4 Å². The normalized spacial score (nSPS) is 10.5. The van der Waals surface area contributed by atoms with Crippen LogP contribution < -0.4 is 11.5 Å². The summed E-state index contributed by atoms with van der Waals surface area (Å²) in [4.78, 5) is 24.8. The molecule has 0 aliphatic heterocycles. The number of nitrogens with zero attached hydrogens (tertiary/aromatic N) is 1. The predicted octanol–water partition coefficient (Wildman–Crippen LogP) is 1.51. The van der Waals surface area contributed by atoms with Gasteiger partial charge in [-0.3, -0.25) is 9.59 Å². The SMILES string of the molecule is CC(C)CN(CC(N)=O)C(=O)c1cc(N)ccc1Cl. The fourth-order valence-corrected chi connectivity index (χ4v) is 1.92. The third-order valence-corrected chi connectivity index (χ3v) is 2.77. The molecule has 0 bridgehead atoms. The van der Waals surface area contributed by atoms with Gasteiger partial charge in [0.2, 0.25) is 5.91 Å². The predicted molar refractivity (Wildman–Crippen MR) is 75.8 cm³/mol. The Morgan fingerprint density at radius 3 is 2.53 bits per heavy atom. The van der Waals surface area contributed by atoms with Crippen LogP contribution in [0.4, 0.5) is 5.69 Å². The standard InChI is InChI=1S/C13H18ClN3O2/c1-8(2)6-17(7-12(16)18)13(19)10-5-9(15)3-4-11(10)14/h3-5,8H,6-7,15H2,1-2H3,(H2,16,18). The van der Waals surface area contributed by atoms with Crippen molar-refractivity contribution < 1.29 is 9.59 Å². The second kappa shape index (κ2) is 6.43. The van der Waals surface area contributed by atoms with Crippen LogP contribution in [-0.2, 0) is 4.79 Å². The minimum Gasteiger partial charge on any atom is -0.399 e. The molecule has 0 saturated carbocycles. The van der Waals surface area contributed by atoms with Gasteiger partial charge in [0.25, 0.3) is 5.91 Å². The van der Waals surface area contributed by atoms with Gasteiger partial charge in [0.1, 0.15) is 0 Å². The molecule has 0 heterocycles. The van der Waals surface area contributed by atoms with E-state index in [2.05, 4.69) is 0 Å². The highest BCUT2D eigenvalue weighted by Gasteiger charge is 2.21. The molecular formula is C13H18ClN3O2. The van der Waals surface area contributed by atoms with Crippen molar-refractivity contribution in [3.63, 3.8) is 0 Å². The summed E-state index contributed by atoms with van der Waals surface area (Å²) in [5.41, 5.74) is 11.5. The molecule has 1 aromatic rings. The van der Waals surface area contributed by atoms with E-state index in [4.69, 9.17) is 23.1 Å². The Hall–Kier alpha value is -1.75. The van der Waals surface area contributed by atoms with E-state index < -0.39 is 5.91 Å². The molecule has 19 heavy (non-hydrogen) atoms. The number of benzene rings is 1. The maximum absolute atomic E-state index is 12.4. The van der Waals surface area contributed by atoms with Crippen LogP contribution in [0.15, 0.2) is 18.2 Å². The highest BCUT2D eigenvalue weighted by atomic mass is 35.5. The molecule has 0 atom stereocenters. The number of halogens is 1. The zero-order chi connectivity index (χ0) is 14.6. The first-order valence-electron chi connectivity index (χ1n) is 5.94. The summed E-state index contributed by atoms with van der Waals surface area (Å²) in [5, 5.41) is 0.303. The van der Waals surface area contributed by atoms with Crippen molar-refractivity contribution in [2.75, 3.05) is 18.8 Å². The summed E-state index contributed by atoms with van der Waals surface area (Å²) in [6.07, 6.45) is 0. The minimum atomic E-state index is -0.561. The Labute approximate surface area is 117 Å². The van der Waals surface area contributed by atoms with Crippen LogP contribution in [0.3, 0.4) is 0 Å². The number of carbonyl (C=O) groups excluding carboxylic acids is 2. The van der Waals surface area contributed by atoms with Crippen molar-refractivity contribution in [1.29, 1.82) is 0 Å². The first-order valence-corrected chi connectivity index (χ1v) is 6.31. The number of anilines is 1. The lowest BCUT2D eigenvalue weighted by atomic mass is 10.1. The van der Waals surface area contributed by atoms with Crippen molar-refractivity contribution in [1.82, 2.24) is 4.90 Å². The maximum Gasteiger partial charge on any atom is 0.255 e. The van der Waals surface area contributed by atoms with E-state index >= 15 is 0 Å². The van der Waals surface area contributed by atoms with Crippen LogP contribution in [-0.4, -0.2) is 29.8 Å². The molecule has 0 aliphatic carbocycles. The number of amides is 2. The van der Waals surface area contributed by atoms with E-state index in [-0.39, 0.29) is 23.9 Å². The van der Waals surface area contributed by atoms with Crippen LogP contribution in [0.25, 0.3) is 0 Å². The summed E-state index contributed by atoms with van der Waals surface area (Å²) in [6, 6.07) is 4.67. The molecule has 1 aromatic carbocycles. The fourth-order valence-electron chi connectivity index (χ4n) is 1.73. The van der Waals surface area contributed by atoms with Crippen molar-refractivity contribution in [2.45, 2.75) is 13.8 Å². The topological polar surface area (TPSA) is 89.4 Å². The molecule has 104 valence electrons. The number of carbonyl (C=O) groups is 2. The van der Waals surface area contributed by atoms with Gasteiger partial charge in [-0.1, -0.05) is 25.4 Å². The molecule has 0 aromatic heterocycles. The molecule has 0 saturated heterocycles. The average Bonchev–Trinajstić information content (AvgIpc) is 2.29. The number of hydrogen-bond acceptors (Lipinski definition) is 3. The number of nitrogen functional groups attached to an aromatic ring is 1. The third kappa shape index (κ3) is 4.44. The zero-order valence-electron chi connectivity index (χ0n) is 11.0. The summed E-state index contributed by atoms with van der Waals surface area (Å²) >= 11 is 5.99. The second-order valence-electron chi connectivity index (χ2n) is 4.79. The van der Waals surface area contributed by atoms with Crippen molar-refractivity contribution >= 4 is 29.1 Å². The van der Waals surface area contributed by atoms with Gasteiger partial charge in [-0.2, -0.15) is 0 Å². The monoisotopic (exact) mass is 283 g/mol. The van der Waals surface area contributed by atoms with Crippen molar-refractivity contribution in [3.8, 4) is 0 Å². The van der Waals surface area contributed by atoms with Crippen LogP contribution in [0, 0.1) is 5.92 Å². The Morgan fingerprint density at radius 1 is 1.37 bits per heavy atom. The zero-order valence-corrected chi connectivity index (χ0v) is 11.8. The number of rotatable bonds is 5. The second-order valence-corrected chi connectivity index (χ2v) is 5.19. The molecule has 5 nitrogen and oxygen atoms in total. The van der Waals surface area contributed by atoms with Gasteiger partial charge in [-0.15, -0.1) is 0 Å². The largest absolute Gasteiger partial charge is 0.399 e. The van der Waals surface area contributed by atoms with Crippen molar-refractivity contribution in [3.05, 3.63) is 28.8 Å². The number of nitrogens with two attached hydrogens (primary N) is 2. The van der Waals surface area contributed by atoms with Gasteiger partial charge >= 0.3 is 0 Å². The molecule has 6 heteroatoms. The molecule has 2 amide bonds.